The highest BCUT2D eigenvalue weighted by Gasteiger charge is 2.15. The summed E-state index contributed by atoms with van der Waals surface area (Å²) in [6.07, 6.45) is 0.842. The van der Waals surface area contributed by atoms with Crippen molar-refractivity contribution in [2.45, 2.75) is 20.3 Å². The predicted octanol–water partition coefficient (Wildman–Crippen LogP) is 4.68. The second kappa shape index (κ2) is 8.45. The second-order valence-electron chi connectivity index (χ2n) is 7.22. The Bertz CT molecular complexity index is 1170. The number of aromatic nitrogens is 3. The summed E-state index contributed by atoms with van der Waals surface area (Å²) < 4.78 is 12.6. The van der Waals surface area contributed by atoms with Crippen molar-refractivity contribution in [3.8, 4) is 22.8 Å². The van der Waals surface area contributed by atoms with Gasteiger partial charge in [-0.2, -0.15) is 9.61 Å². The van der Waals surface area contributed by atoms with E-state index >= 15 is 0 Å². The molecular weight excluding hydrogens is 376 g/mol. The Morgan fingerprint density at radius 3 is 2.43 bits per heavy atom. The number of nitrogens with one attached hydrogen (secondary N) is 1. The minimum absolute atomic E-state index is 0.737. The highest BCUT2D eigenvalue weighted by Crippen LogP contribution is 2.28. The fourth-order valence-electron chi connectivity index (χ4n) is 3.61. The third-order valence-corrected chi connectivity index (χ3v) is 5.16. The number of nitrogens with zero attached hydrogens (tertiary/aromatic N) is 3. The van der Waals surface area contributed by atoms with Gasteiger partial charge in [-0.1, -0.05) is 36.4 Å². The van der Waals surface area contributed by atoms with E-state index in [1.807, 2.05) is 47.8 Å². The SMILES string of the molecule is COc1ccc(CCNc2cc(C)nc3c(C)c(-c4ccccc4)nn23)cc1OC. The zero-order valence-electron chi connectivity index (χ0n) is 17.8. The quantitative estimate of drug-likeness (QED) is 0.486. The number of ether oxygens (including phenoxy) is 2. The molecule has 0 amide bonds. The summed E-state index contributed by atoms with van der Waals surface area (Å²) in [6, 6.07) is 18.3. The van der Waals surface area contributed by atoms with Crippen molar-refractivity contribution in [2.75, 3.05) is 26.1 Å². The van der Waals surface area contributed by atoms with Crippen molar-refractivity contribution in [2.24, 2.45) is 0 Å². The summed E-state index contributed by atoms with van der Waals surface area (Å²) in [4.78, 5) is 4.72. The van der Waals surface area contributed by atoms with Gasteiger partial charge in [-0.25, -0.2) is 4.98 Å². The molecule has 0 aliphatic heterocycles. The maximum absolute atomic E-state index is 5.41. The van der Waals surface area contributed by atoms with Crippen LogP contribution < -0.4 is 14.8 Å². The van der Waals surface area contributed by atoms with E-state index in [1.54, 1.807) is 14.2 Å². The molecule has 0 aliphatic rings. The van der Waals surface area contributed by atoms with Crippen LogP contribution in [0.4, 0.5) is 5.82 Å². The maximum atomic E-state index is 5.41. The molecule has 0 radical (unpaired) electrons. The third-order valence-electron chi connectivity index (χ3n) is 5.16. The highest BCUT2D eigenvalue weighted by molar-refractivity contribution is 5.71. The van der Waals surface area contributed by atoms with Crippen molar-refractivity contribution in [1.29, 1.82) is 0 Å². The van der Waals surface area contributed by atoms with Gasteiger partial charge in [0.15, 0.2) is 17.1 Å². The summed E-state index contributed by atoms with van der Waals surface area (Å²) in [7, 11) is 3.30. The molecule has 0 unspecified atom stereocenters. The van der Waals surface area contributed by atoms with Crippen LogP contribution in [0.2, 0.25) is 0 Å². The van der Waals surface area contributed by atoms with Gasteiger partial charge in [-0.15, -0.1) is 0 Å². The molecule has 0 saturated heterocycles. The van der Waals surface area contributed by atoms with Gasteiger partial charge in [0.25, 0.3) is 0 Å². The van der Waals surface area contributed by atoms with E-state index in [9.17, 15) is 0 Å². The smallest absolute Gasteiger partial charge is 0.161 e. The largest absolute Gasteiger partial charge is 0.493 e. The summed E-state index contributed by atoms with van der Waals surface area (Å²) >= 11 is 0. The number of methoxy groups -OCH3 is 2. The first kappa shape index (κ1) is 19.8. The first-order chi connectivity index (χ1) is 14.6. The molecule has 0 fully saturated rings. The molecule has 6 nitrogen and oxygen atoms in total. The van der Waals surface area contributed by atoms with Crippen LogP contribution in [-0.4, -0.2) is 35.4 Å². The summed E-state index contributed by atoms with van der Waals surface area (Å²) in [5, 5.41) is 8.38. The Morgan fingerprint density at radius 2 is 1.70 bits per heavy atom. The molecular formula is C24H26N4O2. The summed E-state index contributed by atoms with van der Waals surface area (Å²) in [5.41, 5.74) is 6.13. The summed E-state index contributed by atoms with van der Waals surface area (Å²) in [6.45, 7) is 4.84. The number of rotatable bonds is 7. The van der Waals surface area contributed by atoms with Gasteiger partial charge in [-0.3, -0.25) is 0 Å². The van der Waals surface area contributed by atoms with Crippen LogP contribution >= 0.6 is 0 Å². The number of anilines is 1. The molecule has 30 heavy (non-hydrogen) atoms. The van der Waals surface area contributed by atoms with E-state index in [4.69, 9.17) is 19.6 Å². The monoisotopic (exact) mass is 402 g/mol. The van der Waals surface area contributed by atoms with Gasteiger partial charge in [0.05, 0.1) is 19.9 Å². The average Bonchev–Trinajstić information content (AvgIpc) is 3.10. The Balaban J connectivity index is 1.59. The van der Waals surface area contributed by atoms with Crippen molar-refractivity contribution < 1.29 is 9.47 Å². The van der Waals surface area contributed by atoms with Gasteiger partial charge < -0.3 is 14.8 Å². The van der Waals surface area contributed by atoms with Gasteiger partial charge in [0.2, 0.25) is 0 Å². The fraction of sp³-hybridized carbons (Fsp3) is 0.250. The number of fused-ring (bicyclic) bond motifs is 1. The molecule has 0 aliphatic carbocycles. The maximum Gasteiger partial charge on any atom is 0.161 e. The molecule has 6 heteroatoms. The van der Waals surface area contributed by atoms with E-state index in [2.05, 4.69) is 30.4 Å². The molecule has 154 valence electrons. The van der Waals surface area contributed by atoms with Gasteiger partial charge in [0.1, 0.15) is 5.82 Å². The number of hydrogen-bond donors (Lipinski definition) is 1. The number of hydrogen-bond acceptors (Lipinski definition) is 5. The van der Waals surface area contributed by atoms with Crippen LogP contribution in [0.1, 0.15) is 16.8 Å². The van der Waals surface area contributed by atoms with Crippen LogP contribution in [0.25, 0.3) is 16.9 Å². The lowest BCUT2D eigenvalue weighted by atomic mass is 10.1. The van der Waals surface area contributed by atoms with Gasteiger partial charge >= 0.3 is 0 Å². The Kier molecular flexibility index (Phi) is 5.57. The molecule has 2 aromatic carbocycles. The third kappa shape index (κ3) is 3.81. The molecule has 4 rings (SSSR count). The number of benzene rings is 2. The molecule has 0 atom stereocenters. The number of aryl methyl sites for hydroxylation is 2. The Labute approximate surface area is 176 Å². The van der Waals surface area contributed by atoms with Crippen molar-refractivity contribution in [1.82, 2.24) is 14.6 Å². The molecule has 2 aromatic heterocycles. The van der Waals surface area contributed by atoms with Crippen LogP contribution in [0.5, 0.6) is 11.5 Å². The van der Waals surface area contributed by atoms with E-state index < -0.39 is 0 Å². The van der Waals surface area contributed by atoms with E-state index in [0.29, 0.717) is 0 Å². The lowest BCUT2D eigenvalue weighted by Crippen LogP contribution is -2.10. The highest BCUT2D eigenvalue weighted by atomic mass is 16.5. The van der Waals surface area contributed by atoms with E-state index in [-0.39, 0.29) is 0 Å². The van der Waals surface area contributed by atoms with Crippen LogP contribution in [-0.2, 0) is 6.42 Å². The average molecular weight is 402 g/mol. The first-order valence-electron chi connectivity index (χ1n) is 9.98. The molecule has 2 heterocycles. The molecule has 4 aromatic rings. The minimum Gasteiger partial charge on any atom is -0.493 e. The van der Waals surface area contributed by atoms with Crippen molar-refractivity contribution in [3.05, 3.63) is 71.4 Å². The zero-order chi connectivity index (χ0) is 21.1. The lowest BCUT2D eigenvalue weighted by Gasteiger charge is -2.11. The summed E-state index contributed by atoms with van der Waals surface area (Å²) in [5.74, 6) is 2.41. The lowest BCUT2D eigenvalue weighted by molar-refractivity contribution is 0.354. The first-order valence-corrected chi connectivity index (χ1v) is 9.98. The Hall–Kier alpha value is -3.54. The molecule has 1 N–H and O–H groups in total. The Morgan fingerprint density at radius 1 is 0.933 bits per heavy atom. The van der Waals surface area contributed by atoms with Crippen LogP contribution in [0.15, 0.2) is 54.6 Å². The zero-order valence-corrected chi connectivity index (χ0v) is 17.8. The second-order valence-corrected chi connectivity index (χ2v) is 7.22. The van der Waals surface area contributed by atoms with E-state index in [0.717, 1.165) is 58.4 Å². The fourth-order valence-corrected chi connectivity index (χ4v) is 3.61. The minimum atomic E-state index is 0.737. The van der Waals surface area contributed by atoms with Crippen molar-refractivity contribution >= 4 is 11.5 Å². The topological polar surface area (TPSA) is 60.7 Å². The molecule has 0 spiro atoms. The molecule has 0 bridgehead atoms. The van der Waals surface area contributed by atoms with Crippen LogP contribution in [0.3, 0.4) is 0 Å². The van der Waals surface area contributed by atoms with E-state index in [1.165, 1.54) is 5.56 Å². The molecule has 0 saturated carbocycles. The normalized spacial score (nSPS) is 10.9. The van der Waals surface area contributed by atoms with Gasteiger partial charge in [0, 0.05) is 29.4 Å². The van der Waals surface area contributed by atoms with Crippen LogP contribution in [0, 0.1) is 13.8 Å². The predicted molar refractivity (Wildman–Crippen MR) is 120 cm³/mol. The standard InChI is InChI=1S/C24H26N4O2/c1-16-14-22(25-13-12-18-10-11-20(29-3)21(15-18)30-4)28-24(26-16)17(2)23(27-28)19-8-6-5-7-9-19/h5-11,14-15,25H,12-13H2,1-4H3. The van der Waals surface area contributed by atoms with Gasteiger partial charge in [-0.05, 0) is 38.0 Å². The van der Waals surface area contributed by atoms with Crippen molar-refractivity contribution in [3.63, 3.8) is 0 Å².